The summed E-state index contributed by atoms with van der Waals surface area (Å²) in [6, 6.07) is -0.0195. The van der Waals surface area contributed by atoms with E-state index < -0.39 is 5.97 Å². The molecule has 1 N–H and O–H groups in total. The Morgan fingerprint density at radius 1 is 1.42 bits per heavy atom. The Morgan fingerprint density at radius 3 is 2.88 bits per heavy atom. The molecule has 0 atom stereocenters. The fourth-order valence-corrected chi connectivity index (χ4v) is 3.91. The minimum atomic E-state index is -0.598. The van der Waals surface area contributed by atoms with Gasteiger partial charge in [0.1, 0.15) is 15.5 Å². The number of rotatable bonds is 4. The summed E-state index contributed by atoms with van der Waals surface area (Å²) >= 11 is 1.15. The van der Waals surface area contributed by atoms with E-state index in [0.717, 1.165) is 30.0 Å². The monoisotopic (exact) mass is 349 g/mol. The van der Waals surface area contributed by atoms with E-state index >= 15 is 0 Å². The number of amides is 1. The molecule has 0 aromatic carbocycles. The van der Waals surface area contributed by atoms with Gasteiger partial charge in [-0.1, -0.05) is 0 Å². The van der Waals surface area contributed by atoms with Crippen molar-refractivity contribution in [1.82, 2.24) is 14.9 Å². The Morgan fingerprint density at radius 2 is 2.17 bits per heavy atom. The van der Waals surface area contributed by atoms with Crippen LogP contribution in [0.3, 0.4) is 0 Å². The second kappa shape index (κ2) is 6.35. The first-order valence-electron chi connectivity index (χ1n) is 7.87. The van der Waals surface area contributed by atoms with Gasteiger partial charge in [-0.2, -0.15) is 0 Å². The predicted molar refractivity (Wildman–Crippen MR) is 90.5 cm³/mol. The van der Waals surface area contributed by atoms with Gasteiger partial charge in [-0.3, -0.25) is 14.2 Å². The Kier molecular flexibility index (Phi) is 4.40. The lowest BCUT2D eigenvalue weighted by molar-refractivity contribution is -0.124. The molecule has 0 fully saturated rings. The Bertz CT molecular complexity index is 882. The van der Waals surface area contributed by atoms with E-state index in [9.17, 15) is 14.4 Å². The van der Waals surface area contributed by atoms with Gasteiger partial charge in [0.25, 0.3) is 11.5 Å². The van der Waals surface area contributed by atoms with Crippen LogP contribution in [-0.4, -0.2) is 34.1 Å². The normalized spacial score (nSPS) is 13.3. The van der Waals surface area contributed by atoms with Gasteiger partial charge in [0, 0.05) is 19.0 Å². The van der Waals surface area contributed by atoms with Crippen LogP contribution >= 0.6 is 11.3 Å². The second-order valence-corrected chi connectivity index (χ2v) is 7.12. The van der Waals surface area contributed by atoms with E-state index in [-0.39, 0.29) is 24.1 Å². The zero-order valence-electron chi connectivity index (χ0n) is 13.8. The van der Waals surface area contributed by atoms with Gasteiger partial charge in [0.15, 0.2) is 6.61 Å². The van der Waals surface area contributed by atoms with Crippen LogP contribution in [-0.2, 0) is 22.5 Å². The van der Waals surface area contributed by atoms with Gasteiger partial charge < -0.3 is 10.1 Å². The lowest BCUT2D eigenvalue weighted by atomic mass is 10.2. The van der Waals surface area contributed by atoms with Gasteiger partial charge in [-0.25, -0.2) is 9.78 Å². The molecular weight excluding hydrogens is 330 g/mol. The Balaban J connectivity index is 1.87. The maximum Gasteiger partial charge on any atom is 0.349 e. The first-order chi connectivity index (χ1) is 11.4. The molecule has 0 radical (unpaired) electrons. The van der Waals surface area contributed by atoms with Gasteiger partial charge in [0.05, 0.1) is 5.39 Å². The van der Waals surface area contributed by atoms with Gasteiger partial charge in [0.2, 0.25) is 0 Å². The standard InChI is InChI=1S/C16H19N3O4S/c1-8(2)17-11(20)7-23-16(22)13-9(3)12-14(24-13)18-10-5-4-6-19(10)15(12)21/h8H,4-7H2,1-3H3,(H,17,20). The Labute approximate surface area is 142 Å². The highest BCUT2D eigenvalue weighted by Gasteiger charge is 2.24. The minimum absolute atomic E-state index is 0.0195. The molecule has 0 saturated heterocycles. The number of nitrogens with zero attached hydrogens (tertiary/aromatic N) is 2. The fraction of sp³-hybridized carbons (Fsp3) is 0.500. The topological polar surface area (TPSA) is 90.3 Å². The van der Waals surface area contributed by atoms with E-state index in [1.165, 1.54) is 0 Å². The van der Waals surface area contributed by atoms with Crippen molar-refractivity contribution in [3.05, 3.63) is 26.6 Å². The fourth-order valence-electron chi connectivity index (χ4n) is 2.83. The van der Waals surface area contributed by atoms with Crippen LogP contribution in [0.5, 0.6) is 0 Å². The number of aryl methyl sites for hydroxylation is 2. The number of hydrogen-bond donors (Lipinski definition) is 1. The van der Waals surface area contributed by atoms with Crippen LogP contribution in [0, 0.1) is 6.92 Å². The van der Waals surface area contributed by atoms with E-state index in [1.807, 2.05) is 13.8 Å². The van der Waals surface area contributed by atoms with Crippen LogP contribution in [0.1, 0.15) is 41.3 Å². The first-order valence-corrected chi connectivity index (χ1v) is 8.69. The summed E-state index contributed by atoms with van der Waals surface area (Å²) in [6.45, 7) is 5.70. The molecule has 0 unspecified atom stereocenters. The summed E-state index contributed by atoms with van der Waals surface area (Å²) < 4.78 is 6.74. The lowest BCUT2D eigenvalue weighted by Gasteiger charge is -2.08. The molecule has 7 nitrogen and oxygen atoms in total. The summed E-state index contributed by atoms with van der Waals surface area (Å²) in [5.41, 5.74) is 0.474. The third-order valence-corrected chi connectivity index (χ3v) is 5.05. The zero-order valence-corrected chi connectivity index (χ0v) is 14.7. The molecular formula is C16H19N3O4S. The minimum Gasteiger partial charge on any atom is -0.451 e. The van der Waals surface area contributed by atoms with Crippen molar-refractivity contribution in [2.45, 2.75) is 46.2 Å². The van der Waals surface area contributed by atoms with Crippen molar-refractivity contribution in [3.8, 4) is 0 Å². The van der Waals surface area contributed by atoms with E-state index in [1.54, 1.807) is 11.5 Å². The molecule has 0 bridgehead atoms. The average Bonchev–Trinajstić information content (AvgIpc) is 3.09. The van der Waals surface area contributed by atoms with Crippen LogP contribution in [0.25, 0.3) is 10.2 Å². The van der Waals surface area contributed by atoms with Crippen LogP contribution < -0.4 is 10.9 Å². The predicted octanol–water partition coefficient (Wildman–Crippen LogP) is 1.39. The number of hydrogen-bond acceptors (Lipinski definition) is 6. The number of aromatic nitrogens is 2. The van der Waals surface area contributed by atoms with Crippen molar-refractivity contribution in [2.75, 3.05) is 6.61 Å². The van der Waals surface area contributed by atoms with Crippen LogP contribution in [0.15, 0.2) is 4.79 Å². The molecule has 0 spiro atoms. The summed E-state index contributed by atoms with van der Waals surface area (Å²) in [5, 5.41) is 3.13. The summed E-state index contributed by atoms with van der Waals surface area (Å²) in [4.78, 5) is 41.8. The number of carbonyl (C=O) groups is 2. The van der Waals surface area contributed by atoms with Crippen molar-refractivity contribution in [3.63, 3.8) is 0 Å². The molecule has 1 aliphatic heterocycles. The quantitative estimate of drug-likeness (QED) is 0.843. The smallest absolute Gasteiger partial charge is 0.349 e. The molecule has 1 aliphatic rings. The van der Waals surface area contributed by atoms with E-state index in [2.05, 4.69) is 10.3 Å². The third kappa shape index (κ3) is 2.93. The number of ether oxygens (including phenoxy) is 1. The maximum atomic E-state index is 12.6. The number of thiophene rings is 1. The number of nitrogens with one attached hydrogen (secondary N) is 1. The van der Waals surface area contributed by atoms with Gasteiger partial charge >= 0.3 is 5.97 Å². The molecule has 3 rings (SSSR count). The molecule has 3 heterocycles. The maximum absolute atomic E-state index is 12.6. The second-order valence-electron chi connectivity index (χ2n) is 6.12. The molecule has 2 aromatic rings. The molecule has 128 valence electrons. The molecule has 2 aromatic heterocycles. The number of carbonyl (C=O) groups excluding carboxylic acids is 2. The van der Waals surface area contributed by atoms with Crippen molar-refractivity contribution < 1.29 is 14.3 Å². The molecule has 8 heteroatoms. The lowest BCUT2D eigenvalue weighted by Crippen LogP contribution is -2.33. The van der Waals surface area contributed by atoms with Crippen molar-refractivity contribution >= 4 is 33.4 Å². The van der Waals surface area contributed by atoms with Crippen LogP contribution in [0.4, 0.5) is 0 Å². The third-order valence-electron chi connectivity index (χ3n) is 3.88. The SMILES string of the molecule is Cc1c(C(=O)OCC(=O)NC(C)C)sc2nc3n(c(=O)c12)CCC3. The van der Waals surface area contributed by atoms with E-state index in [4.69, 9.17) is 4.74 Å². The largest absolute Gasteiger partial charge is 0.451 e. The van der Waals surface area contributed by atoms with Crippen molar-refractivity contribution in [2.24, 2.45) is 0 Å². The number of fused-ring (bicyclic) bond motifs is 2. The van der Waals surface area contributed by atoms with E-state index in [0.29, 0.717) is 27.2 Å². The highest BCUT2D eigenvalue weighted by atomic mass is 32.1. The molecule has 24 heavy (non-hydrogen) atoms. The molecule has 1 amide bonds. The highest BCUT2D eigenvalue weighted by Crippen LogP contribution is 2.29. The summed E-state index contributed by atoms with van der Waals surface area (Å²) in [7, 11) is 0. The average molecular weight is 349 g/mol. The van der Waals surface area contributed by atoms with Gasteiger partial charge in [-0.15, -0.1) is 11.3 Å². The summed E-state index contributed by atoms with van der Waals surface area (Å²) in [6.07, 6.45) is 1.69. The summed E-state index contributed by atoms with van der Waals surface area (Å²) in [5.74, 6) is -0.182. The van der Waals surface area contributed by atoms with Gasteiger partial charge in [-0.05, 0) is 32.8 Å². The van der Waals surface area contributed by atoms with Crippen molar-refractivity contribution in [1.29, 1.82) is 0 Å². The highest BCUT2D eigenvalue weighted by molar-refractivity contribution is 7.20. The molecule has 0 aliphatic carbocycles. The number of esters is 1. The van der Waals surface area contributed by atoms with Crippen LogP contribution in [0.2, 0.25) is 0 Å². The first kappa shape index (κ1) is 16.6. The molecule has 0 saturated carbocycles. The Hall–Kier alpha value is -2.22. The zero-order chi connectivity index (χ0) is 17.4.